The third-order valence-corrected chi connectivity index (χ3v) is 30.5. The first kappa shape index (κ1) is 37.5. The predicted molar refractivity (Wildman–Crippen MR) is 242 cm³/mol. The predicted octanol–water partition coefficient (Wildman–Crippen LogP) is 12.0. The SMILES string of the molecule is CCC(C)C1=Cc2c(-c3cccc(C)c3C)cccc2[CH]1[Hf]([c]1cccc2c1[SiH2]c1ccccc1-2)[CH]1C(C(C)CC)=Cc2c(-c3cccc(C)c3C)cccc21. The molecule has 0 saturated carbocycles. The quantitative estimate of drug-likeness (QED) is 0.127. The second kappa shape index (κ2) is 15.0. The zero-order valence-electron chi connectivity index (χ0n) is 34.6. The summed E-state index contributed by atoms with van der Waals surface area (Å²) in [6.45, 7) is 19.1. The van der Waals surface area contributed by atoms with Gasteiger partial charge in [-0.1, -0.05) is 0 Å². The van der Waals surface area contributed by atoms with Gasteiger partial charge in [0.05, 0.1) is 0 Å². The minimum absolute atomic E-state index is 0.479. The van der Waals surface area contributed by atoms with Crippen molar-refractivity contribution in [2.24, 2.45) is 11.8 Å². The van der Waals surface area contributed by atoms with Gasteiger partial charge < -0.3 is 0 Å². The summed E-state index contributed by atoms with van der Waals surface area (Å²) in [5, 5.41) is 3.39. The molecule has 0 aromatic heterocycles. The van der Waals surface area contributed by atoms with E-state index >= 15 is 0 Å². The molecule has 0 amide bonds. The van der Waals surface area contributed by atoms with Crippen LogP contribution in [0.3, 0.4) is 0 Å². The first-order valence-corrected chi connectivity index (χ1v) is 28.5. The van der Waals surface area contributed by atoms with E-state index in [0.29, 0.717) is 19.2 Å². The van der Waals surface area contributed by atoms with E-state index in [9.17, 15) is 0 Å². The molecule has 9 rings (SSSR count). The monoisotopic (exact) mass is 911 g/mol. The Morgan fingerprint density at radius 1 is 0.500 bits per heavy atom. The zero-order valence-corrected chi connectivity index (χ0v) is 39.6. The molecule has 4 atom stereocenters. The molecule has 6 aromatic carbocycles. The summed E-state index contributed by atoms with van der Waals surface area (Å²) in [6.07, 6.45) is 7.74. The molecular formula is C54H55HfSi. The first-order chi connectivity index (χ1) is 27.2. The molecule has 0 fully saturated rings. The molecule has 6 aromatic rings. The van der Waals surface area contributed by atoms with Gasteiger partial charge in [0.25, 0.3) is 0 Å². The molecule has 0 saturated heterocycles. The van der Waals surface area contributed by atoms with Crippen molar-refractivity contribution >= 4 is 35.4 Å². The Kier molecular flexibility index (Phi) is 10.0. The van der Waals surface area contributed by atoms with E-state index in [4.69, 9.17) is 0 Å². The third kappa shape index (κ3) is 6.01. The fraction of sp³-hybridized carbons (Fsp3) is 0.259. The van der Waals surface area contributed by atoms with Gasteiger partial charge >= 0.3 is 349 Å². The maximum atomic E-state index is 2.71. The van der Waals surface area contributed by atoms with Gasteiger partial charge in [-0.05, 0) is 0 Å². The summed E-state index contributed by atoms with van der Waals surface area (Å²) >= 11 is -3.17. The van der Waals surface area contributed by atoms with Crippen LogP contribution in [0.4, 0.5) is 0 Å². The molecule has 0 spiro atoms. The van der Waals surface area contributed by atoms with E-state index < -0.39 is 31.0 Å². The van der Waals surface area contributed by atoms with Crippen LogP contribution < -0.4 is 13.7 Å². The van der Waals surface area contributed by atoms with Crippen molar-refractivity contribution in [3.8, 4) is 33.4 Å². The summed E-state index contributed by atoms with van der Waals surface area (Å²) in [7, 11) is -0.625. The maximum absolute atomic E-state index is 3.17. The average Bonchev–Trinajstić information content (AvgIpc) is 3.92. The van der Waals surface area contributed by atoms with Crippen molar-refractivity contribution in [3.05, 3.63) is 171 Å². The van der Waals surface area contributed by atoms with Gasteiger partial charge in [0.2, 0.25) is 0 Å². The molecule has 56 heavy (non-hydrogen) atoms. The molecule has 3 aliphatic rings. The van der Waals surface area contributed by atoms with Crippen LogP contribution in [0.5, 0.6) is 0 Å². The van der Waals surface area contributed by atoms with Crippen LogP contribution in [-0.2, 0) is 21.4 Å². The molecular weight excluding hydrogens is 855 g/mol. The molecule has 1 heterocycles. The Hall–Kier alpha value is -4.11. The topological polar surface area (TPSA) is 0 Å². The molecule has 1 aliphatic heterocycles. The van der Waals surface area contributed by atoms with E-state index in [0.717, 1.165) is 12.8 Å². The molecule has 0 radical (unpaired) electrons. The van der Waals surface area contributed by atoms with Gasteiger partial charge in [0.1, 0.15) is 0 Å². The first-order valence-electron chi connectivity index (χ1n) is 21.1. The fourth-order valence-corrected chi connectivity index (χ4v) is 30.5. The summed E-state index contributed by atoms with van der Waals surface area (Å²) in [5.41, 5.74) is 23.8. The Labute approximate surface area is 346 Å². The van der Waals surface area contributed by atoms with Crippen molar-refractivity contribution in [2.75, 3.05) is 0 Å². The number of benzene rings is 6. The van der Waals surface area contributed by atoms with Gasteiger partial charge in [-0.3, -0.25) is 0 Å². The van der Waals surface area contributed by atoms with Crippen molar-refractivity contribution in [2.45, 2.75) is 75.6 Å². The number of fused-ring (bicyclic) bond motifs is 5. The van der Waals surface area contributed by atoms with Gasteiger partial charge in [0, 0.05) is 0 Å². The number of allylic oxidation sites excluding steroid dienone is 2. The molecule has 0 nitrogen and oxygen atoms in total. The molecule has 2 aliphatic carbocycles. The van der Waals surface area contributed by atoms with Crippen LogP contribution in [0.15, 0.2) is 126 Å². The standard InChI is InChI=1S/2C21H23.C12H9Si.Hf/c2*1-5-14(2)18-12-17-9-7-11-20(21(17)13-18)19-10-6-8-15(3)16(19)4;1-3-7-11-9(5-1)10-6-2-4-8-12(10)13-11;/h2*6-14H,5H2,1-4H3;1-7H,13H2;. The van der Waals surface area contributed by atoms with Crippen molar-refractivity contribution < 1.29 is 21.4 Å². The van der Waals surface area contributed by atoms with E-state index in [-0.39, 0.29) is 0 Å². The van der Waals surface area contributed by atoms with Gasteiger partial charge in [-0.2, -0.15) is 0 Å². The molecule has 279 valence electrons. The van der Waals surface area contributed by atoms with E-state index in [2.05, 4.69) is 183 Å². The van der Waals surface area contributed by atoms with E-state index in [1.807, 2.05) is 3.32 Å². The van der Waals surface area contributed by atoms with Crippen LogP contribution >= 0.6 is 0 Å². The molecule has 0 N–H and O–H groups in total. The van der Waals surface area contributed by atoms with Crippen LogP contribution in [-0.4, -0.2) is 9.52 Å². The number of hydrogen-bond donors (Lipinski definition) is 0. The third-order valence-electron chi connectivity index (χ3n) is 14.1. The Balaban J connectivity index is 1.34. The second-order valence-electron chi connectivity index (χ2n) is 17.0. The average molecular weight is 911 g/mol. The van der Waals surface area contributed by atoms with Crippen molar-refractivity contribution in [1.82, 2.24) is 0 Å². The van der Waals surface area contributed by atoms with E-state index in [1.54, 1.807) is 38.2 Å². The second-order valence-corrected chi connectivity index (χ2v) is 28.2. The Bertz CT molecular complexity index is 2450. The number of hydrogen-bond acceptors (Lipinski definition) is 0. The summed E-state index contributed by atoms with van der Waals surface area (Å²) in [5.74, 6) is 1.03. The molecule has 0 bridgehead atoms. The summed E-state index contributed by atoms with van der Waals surface area (Å²) in [4.78, 5) is 0. The number of rotatable bonds is 9. The van der Waals surface area contributed by atoms with Gasteiger partial charge in [-0.15, -0.1) is 0 Å². The van der Waals surface area contributed by atoms with Crippen molar-refractivity contribution in [1.29, 1.82) is 0 Å². The van der Waals surface area contributed by atoms with Gasteiger partial charge in [0.15, 0.2) is 0 Å². The minimum atomic E-state index is -3.17. The Morgan fingerprint density at radius 3 is 1.48 bits per heavy atom. The molecule has 2 heteroatoms. The van der Waals surface area contributed by atoms with E-state index in [1.165, 1.54) is 61.2 Å². The molecule has 4 unspecified atom stereocenters. The van der Waals surface area contributed by atoms with Crippen LogP contribution in [0.25, 0.3) is 45.5 Å². The Morgan fingerprint density at radius 2 is 0.946 bits per heavy atom. The van der Waals surface area contributed by atoms with Crippen LogP contribution in [0.1, 0.15) is 92.4 Å². The van der Waals surface area contributed by atoms with Crippen LogP contribution in [0.2, 0.25) is 0 Å². The van der Waals surface area contributed by atoms with Crippen LogP contribution in [0, 0.1) is 39.5 Å². The fourth-order valence-electron chi connectivity index (χ4n) is 10.3. The van der Waals surface area contributed by atoms with Gasteiger partial charge in [-0.25, -0.2) is 0 Å². The summed E-state index contributed by atoms with van der Waals surface area (Å²) < 4.78 is 2.77. The van der Waals surface area contributed by atoms with Crippen molar-refractivity contribution in [3.63, 3.8) is 0 Å². The number of aryl methyl sites for hydroxylation is 2. The zero-order chi connectivity index (χ0) is 38.8. The summed E-state index contributed by atoms with van der Waals surface area (Å²) in [6, 6.07) is 45.4. The normalized spacial score (nSPS) is 17.9.